The zero-order valence-corrected chi connectivity index (χ0v) is 13.9. The zero-order valence-electron chi connectivity index (χ0n) is 13.9. The first-order chi connectivity index (χ1) is 11.7. The second-order valence-electron chi connectivity index (χ2n) is 6.42. The zero-order chi connectivity index (χ0) is 16.8. The first-order valence-corrected chi connectivity index (χ1v) is 8.68. The van der Waals surface area contributed by atoms with Crippen LogP contribution in [-0.2, 0) is 9.59 Å². The molecule has 24 heavy (non-hydrogen) atoms. The van der Waals surface area contributed by atoms with Crippen LogP contribution in [0.1, 0.15) is 32.1 Å². The maximum atomic E-state index is 12.1. The Kier molecular flexibility index (Phi) is 5.51. The number of likely N-dealkylation sites (tertiary alicyclic amines) is 1. The third kappa shape index (κ3) is 4.60. The van der Waals surface area contributed by atoms with E-state index in [1.165, 1.54) is 0 Å². The molecule has 128 valence electrons. The average molecular weight is 328 g/mol. The van der Waals surface area contributed by atoms with Gasteiger partial charge in [0.05, 0.1) is 0 Å². The van der Waals surface area contributed by atoms with Gasteiger partial charge < -0.3 is 15.0 Å². The molecule has 1 aliphatic heterocycles. The molecule has 1 aliphatic carbocycles. The Labute approximate surface area is 142 Å². The fourth-order valence-corrected chi connectivity index (χ4v) is 3.18. The number of carbonyl (C=O) groups is 2. The number of nitrogens with zero attached hydrogens (tertiary/aromatic N) is 1. The molecule has 5 nitrogen and oxygen atoms in total. The van der Waals surface area contributed by atoms with Crippen LogP contribution in [0.3, 0.4) is 0 Å². The van der Waals surface area contributed by atoms with Crippen LogP contribution >= 0.6 is 0 Å². The highest BCUT2D eigenvalue weighted by atomic mass is 16.5. The topological polar surface area (TPSA) is 58.6 Å². The van der Waals surface area contributed by atoms with Crippen LogP contribution < -0.4 is 10.1 Å². The van der Waals surface area contributed by atoms with Gasteiger partial charge in [0.1, 0.15) is 5.75 Å². The smallest absolute Gasteiger partial charge is 0.260 e. The van der Waals surface area contributed by atoms with Gasteiger partial charge in [0.15, 0.2) is 6.61 Å². The maximum absolute atomic E-state index is 12.1. The van der Waals surface area contributed by atoms with E-state index in [1.54, 1.807) is 12.1 Å². The molecule has 0 saturated carbocycles. The quantitative estimate of drug-likeness (QED) is 0.817. The number of benzene rings is 1. The predicted octanol–water partition coefficient (Wildman–Crippen LogP) is 2.98. The van der Waals surface area contributed by atoms with Crippen molar-refractivity contribution in [2.45, 2.75) is 32.1 Å². The highest BCUT2D eigenvalue weighted by Crippen LogP contribution is 2.22. The molecule has 3 rings (SSSR count). The Hall–Kier alpha value is -2.30. The van der Waals surface area contributed by atoms with Gasteiger partial charge in [0.25, 0.3) is 5.91 Å². The monoisotopic (exact) mass is 328 g/mol. The van der Waals surface area contributed by atoms with Gasteiger partial charge >= 0.3 is 0 Å². The molecule has 0 spiro atoms. The van der Waals surface area contributed by atoms with Crippen molar-refractivity contribution in [3.05, 3.63) is 36.4 Å². The van der Waals surface area contributed by atoms with Crippen LogP contribution in [-0.4, -0.2) is 36.4 Å². The minimum atomic E-state index is 0.0110. The van der Waals surface area contributed by atoms with E-state index < -0.39 is 0 Å². The molecular formula is C19H24N2O3. The lowest BCUT2D eigenvalue weighted by atomic mass is 10.1. The van der Waals surface area contributed by atoms with Crippen molar-refractivity contribution < 1.29 is 14.3 Å². The first kappa shape index (κ1) is 16.6. The van der Waals surface area contributed by atoms with E-state index in [1.807, 2.05) is 17.0 Å². The molecule has 0 aromatic heterocycles. The maximum Gasteiger partial charge on any atom is 0.260 e. The number of ether oxygens (including phenoxy) is 1. The molecule has 2 aliphatic rings. The number of allylic oxidation sites excluding steroid dienone is 2. The van der Waals surface area contributed by atoms with Gasteiger partial charge in [-0.2, -0.15) is 0 Å². The van der Waals surface area contributed by atoms with Crippen molar-refractivity contribution >= 4 is 17.5 Å². The first-order valence-electron chi connectivity index (χ1n) is 8.68. The summed E-state index contributed by atoms with van der Waals surface area (Å²) in [6, 6.07) is 7.21. The molecule has 2 amide bonds. The number of hydrogen-bond acceptors (Lipinski definition) is 3. The summed E-state index contributed by atoms with van der Waals surface area (Å²) in [6.45, 7) is 1.70. The molecule has 0 radical (unpaired) electrons. The van der Waals surface area contributed by atoms with E-state index in [0.29, 0.717) is 23.8 Å². The Morgan fingerprint density at radius 2 is 2.08 bits per heavy atom. The summed E-state index contributed by atoms with van der Waals surface area (Å²) in [7, 11) is 0. The highest BCUT2D eigenvalue weighted by molar-refractivity contribution is 5.91. The van der Waals surface area contributed by atoms with Crippen LogP contribution in [0.2, 0.25) is 0 Å². The second-order valence-corrected chi connectivity index (χ2v) is 6.42. The normalized spacial score (nSPS) is 19.5. The molecule has 1 N–H and O–H groups in total. The standard InChI is InChI=1S/C19H24N2O3/c22-18(12-15-6-1-2-7-15)20-16-8-5-9-17(13-16)24-14-19(23)21-10-3-4-11-21/h1,5-6,8-9,13,15H,2-4,7,10-12,14H2,(H,20,22). The number of amides is 2. The van der Waals surface area contributed by atoms with E-state index >= 15 is 0 Å². The number of carbonyl (C=O) groups excluding carboxylic acids is 2. The van der Waals surface area contributed by atoms with Crippen molar-refractivity contribution in [3.63, 3.8) is 0 Å². The molecule has 1 aromatic rings. The van der Waals surface area contributed by atoms with E-state index in [9.17, 15) is 9.59 Å². The number of rotatable bonds is 6. The fraction of sp³-hybridized carbons (Fsp3) is 0.474. The molecule has 1 unspecified atom stereocenters. The minimum absolute atomic E-state index is 0.0110. The predicted molar refractivity (Wildman–Crippen MR) is 92.9 cm³/mol. The number of anilines is 1. The summed E-state index contributed by atoms with van der Waals surface area (Å²) in [5.74, 6) is 0.982. The third-order valence-corrected chi connectivity index (χ3v) is 4.50. The lowest BCUT2D eigenvalue weighted by Crippen LogP contribution is -2.32. The molecule has 1 atom stereocenters. The Morgan fingerprint density at radius 3 is 2.83 bits per heavy atom. The van der Waals surface area contributed by atoms with Crippen LogP contribution in [0, 0.1) is 5.92 Å². The summed E-state index contributed by atoms with van der Waals surface area (Å²) in [5.41, 5.74) is 0.702. The molecule has 1 fully saturated rings. The van der Waals surface area contributed by atoms with Crippen LogP contribution in [0.5, 0.6) is 5.75 Å². The summed E-state index contributed by atoms with van der Waals surface area (Å²) in [4.78, 5) is 25.9. The van der Waals surface area contributed by atoms with Gasteiger partial charge in [-0.15, -0.1) is 0 Å². The van der Waals surface area contributed by atoms with Gasteiger partial charge in [0.2, 0.25) is 5.91 Å². The Balaban J connectivity index is 1.48. The van der Waals surface area contributed by atoms with Crippen molar-refractivity contribution in [2.75, 3.05) is 25.0 Å². The molecule has 1 aromatic carbocycles. The summed E-state index contributed by atoms with van der Waals surface area (Å²) in [6.07, 6.45) is 9.01. The van der Waals surface area contributed by atoms with Crippen molar-refractivity contribution in [1.82, 2.24) is 4.90 Å². The van der Waals surface area contributed by atoms with Gasteiger partial charge in [-0.1, -0.05) is 18.2 Å². The molecule has 0 bridgehead atoms. The number of nitrogens with one attached hydrogen (secondary N) is 1. The van der Waals surface area contributed by atoms with E-state index in [0.717, 1.165) is 38.8 Å². The molecule has 5 heteroatoms. The largest absolute Gasteiger partial charge is 0.484 e. The van der Waals surface area contributed by atoms with E-state index in [-0.39, 0.29) is 18.4 Å². The van der Waals surface area contributed by atoms with Gasteiger partial charge in [0, 0.05) is 31.3 Å². The average Bonchev–Trinajstić information content (AvgIpc) is 3.26. The SMILES string of the molecule is O=C(CC1C=CCC1)Nc1cccc(OCC(=O)N2CCCC2)c1. The molecule has 1 heterocycles. The summed E-state index contributed by atoms with van der Waals surface area (Å²) >= 11 is 0. The molecule has 1 saturated heterocycles. The Morgan fingerprint density at radius 1 is 1.25 bits per heavy atom. The second kappa shape index (κ2) is 7.99. The summed E-state index contributed by atoms with van der Waals surface area (Å²) < 4.78 is 5.58. The number of hydrogen-bond donors (Lipinski definition) is 1. The van der Waals surface area contributed by atoms with E-state index in [4.69, 9.17) is 4.74 Å². The van der Waals surface area contributed by atoms with Crippen molar-refractivity contribution in [3.8, 4) is 5.75 Å². The van der Waals surface area contributed by atoms with E-state index in [2.05, 4.69) is 17.5 Å². The van der Waals surface area contributed by atoms with Crippen LogP contribution in [0.4, 0.5) is 5.69 Å². The third-order valence-electron chi connectivity index (χ3n) is 4.50. The highest BCUT2D eigenvalue weighted by Gasteiger charge is 2.18. The van der Waals surface area contributed by atoms with Crippen LogP contribution in [0.25, 0.3) is 0 Å². The fourth-order valence-electron chi connectivity index (χ4n) is 3.18. The Bertz CT molecular complexity index is 621. The molecular weight excluding hydrogens is 304 g/mol. The van der Waals surface area contributed by atoms with Crippen molar-refractivity contribution in [1.29, 1.82) is 0 Å². The summed E-state index contributed by atoms with van der Waals surface area (Å²) in [5, 5.41) is 2.90. The lowest BCUT2D eigenvalue weighted by Gasteiger charge is -2.16. The van der Waals surface area contributed by atoms with Crippen LogP contribution in [0.15, 0.2) is 36.4 Å². The van der Waals surface area contributed by atoms with Gasteiger partial charge in [-0.05, 0) is 43.7 Å². The minimum Gasteiger partial charge on any atom is -0.484 e. The lowest BCUT2D eigenvalue weighted by molar-refractivity contribution is -0.132. The van der Waals surface area contributed by atoms with Crippen molar-refractivity contribution in [2.24, 2.45) is 5.92 Å². The van der Waals surface area contributed by atoms with Gasteiger partial charge in [-0.25, -0.2) is 0 Å². The van der Waals surface area contributed by atoms with Gasteiger partial charge in [-0.3, -0.25) is 9.59 Å².